The Morgan fingerprint density at radius 1 is 1.14 bits per heavy atom. The van der Waals surface area contributed by atoms with E-state index in [0.717, 1.165) is 25.6 Å². The minimum atomic E-state index is -0.142. The molecule has 2 fully saturated rings. The number of nitrogens with one attached hydrogen (secondary N) is 1. The maximum Gasteiger partial charge on any atom is 0.123 e. The van der Waals surface area contributed by atoms with Gasteiger partial charge in [0, 0.05) is 31.7 Å². The van der Waals surface area contributed by atoms with Crippen molar-refractivity contribution in [3.05, 3.63) is 35.6 Å². The molecule has 0 spiro atoms. The molecular weight excluding hydrogens is 263 g/mol. The third-order valence-electron chi connectivity index (χ3n) is 5.15. The van der Waals surface area contributed by atoms with Crippen LogP contribution in [0.15, 0.2) is 24.3 Å². The van der Waals surface area contributed by atoms with Crippen molar-refractivity contribution < 1.29 is 4.39 Å². The molecule has 2 aliphatic rings. The van der Waals surface area contributed by atoms with Crippen LogP contribution in [0.1, 0.15) is 44.6 Å². The van der Waals surface area contributed by atoms with E-state index in [9.17, 15) is 4.39 Å². The van der Waals surface area contributed by atoms with Gasteiger partial charge in [0.25, 0.3) is 0 Å². The summed E-state index contributed by atoms with van der Waals surface area (Å²) in [6.07, 6.45) is 6.94. The Balaban J connectivity index is 1.69. The number of piperazine rings is 1. The predicted octanol–water partition coefficient (Wildman–Crippen LogP) is 3.57. The zero-order valence-corrected chi connectivity index (χ0v) is 13.0. The number of nitrogens with zero attached hydrogens (tertiary/aromatic N) is 1. The molecule has 1 saturated carbocycles. The van der Waals surface area contributed by atoms with E-state index in [-0.39, 0.29) is 5.82 Å². The van der Waals surface area contributed by atoms with Gasteiger partial charge in [-0.1, -0.05) is 31.4 Å². The van der Waals surface area contributed by atoms with Crippen LogP contribution in [0.4, 0.5) is 4.39 Å². The van der Waals surface area contributed by atoms with Crippen LogP contribution in [-0.2, 0) is 6.54 Å². The fourth-order valence-corrected chi connectivity index (χ4v) is 3.99. The summed E-state index contributed by atoms with van der Waals surface area (Å²) >= 11 is 0. The van der Waals surface area contributed by atoms with E-state index in [4.69, 9.17) is 0 Å². The molecule has 0 amide bonds. The van der Waals surface area contributed by atoms with Gasteiger partial charge in [-0.3, -0.25) is 4.90 Å². The highest BCUT2D eigenvalue weighted by Gasteiger charge is 2.32. The van der Waals surface area contributed by atoms with Gasteiger partial charge >= 0.3 is 0 Å². The van der Waals surface area contributed by atoms with Gasteiger partial charge in [-0.2, -0.15) is 0 Å². The van der Waals surface area contributed by atoms with E-state index in [2.05, 4.69) is 17.1 Å². The van der Waals surface area contributed by atoms with Crippen LogP contribution in [0.25, 0.3) is 0 Å². The van der Waals surface area contributed by atoms with Crippen LogP contribution in [0.3, 0.4) is 0 Å². The summed E-state index contributed by atoms with van der Waals surface area (Å²) in [4.78, 5) is 2.63. The van der Waals surface area contributed by atoms with Crippen molar-refractivity contribution >= 4 is 0 Å². The van der Waals surface area contributed by atoms with E-state index in [1.165, 1.54) is 37.7 Å². The molecular formula is C18H27FN2. The molecule has 2 unspecified atom stereocenters. The van der Waals surface area contributed by atoms with Crippen molar-refractivity contribution in [3.8, 4) is 0 Å². The Morgan fingerprint density at radius 2 is 1.86 bits per heavy atom. The van der Waals surface area contributed by atoms with Gasteiger partial charge < -0.3 is 5.32 Å². The van der Waals surface area contributed by atoms with Gasteiger partial charge in [-0.25, -0.2) is 4.39 Å². The fourth-order valence-electron chi connectivity index (χ4n) is 3.99. The predicted molar refractivity (Wildman–Crippen MR) is 84.6 cm³/mol. The Hall–Kier alpha value is -0.930. The van der Waals surface area contributed by atoms with Crippen molar-refractivity contribution in [2.45, 2.75) is 57.7 Å². The third kappa shape index (κ3) is 3.83. The molecule has 1 saturated heterocycles. The topological polar surface area (TPSA) is 15.3 Å². The highest BCUT2D eigenvalue weighted by atomic mass is 19.1. The monoisotopic (exact) mass is 290 g/mol. The molecule has 3 heteroatoms. The van der Waals surface area contributed by atoms with Crippen LogP contribution in [-0.4, -0.2) is 30.1 Å². The molecule has 1 aliphatic carbocycles. The van der Waals surface area contributed by atoms with Gasteiger partial charge in [0.1, 0.15) is 5.82 Å². The van der Waals surface area contributed by atoms with Crippen molar-refractivity contribution in [1.29, 1.82) is 0 Å². The molecule has 2 atom stereocenters. The number of benzene rings is 1. The minimum absolute atomic E-state index is 0.142. The average Bonchev–Trinajstić information content (AvgIpc) is 2.51. The average molecular weight is 290 g/mol. The Kier molecular flexibility index (Phi) is 4.91. The van der Waals surface area contributed by atoms with E-state index >= 15 is 0 Å². The van der Waals surface area contributed by atoms with Gasteiger partial charge in [0.15, 0.2) is 0 Å². The SMILES string of the molecule is CC1CN(Cc2ccc(F)cc2)C(C2CCCCC2)CN1. The largest absolute Gasteiger partial charge is 0.311 e. The Bertz CT molecular complexity index is 439. The third-order valence-corrected chi connectivity index (χ3v) is 5.15. The first-order valence-electron chi connectivity index (χ1n) is 8.44. The molecule has 116 valence electrons. The van der Waals surface area contributed by atoms with Gasteiger partial charge in [0.2, 0.25) is 0 Å². The lowest BCUT2D eigenvalue weighted by Crippen LogP contribution is -2.57. The van der Waals surface area contributed by atoms with Gasteiger partial charge in [-0.15, -0.1) is 0 Å². The van der Waals surface area contributed by atoms with Crippen molar-refractivity contribution in [2.24, 2.45) is 5.92 Å². The minimum Gasteiger partial charge on any atom is -0.311 e. The molecule has 21 heavy (non-hydrogen) atoms. The van der Waals surface area contributed by atoms with Crippen LogP contribution in [0, 0.1) is 11.7 Å². The second-order valence-electron chi connectivity index (χ2n) is 6.83. The normalized spacial score (nSPS) is 28.7. The molecule has 0 aromatic heterocycles. The van der Waals surface area contributed by atoms with Crippen LogP contribution < -0.4 is 5.32 Å². The maximum atomic E-state index is 13.1. The van der Waals surface area contributed by atoms with Crippen LogP contribution in [0.5, 0.6) is 0 Å². The zero-order chi connectivity index (χ0) is 14.7. The lowest BCUT2D eigenvalue weighted by molar-refractivity contribution is 0.0689. The van der Waals surface area contributed by atoms with E-state index in [1.807, 2.05) is 12.1 Å². The maximum absolute atomic E-state index is 13.1. The summed E-state index contributed by atoms with van der Waals surface area (Å²) in [6.45, 7) is 5.41. The first kappa shape index (κ1) is 15.0. The molecule has 1 aliphatic heterocycles. The summed E-state index contributed by atoms with van der Waals surface area (Å²) in [6, 6.07) is 8.21. The summed E-state index contributed by atoms with van der Waals surface area (Å²) < 4.78 is 13.1. The fraction of sp³-hybridized carbons (Fsp3) is 0.667. The number of halogens is 1. The summed E-state index contributed by atoms with van der Waals surface area (Å²) in [7, 11) is 0. The molecule has 1 heterocycles. The smallest absolute Gasteiger partial charge is 0.123 e. The molecule has 1 aromatic carbocycles. The van der Waals surface area contributed by atoms with Gasteiger partial charge in [-0.05, 0) is 43.4 Å². The lowest BCUT2D eigenvalue weighted by atomic mass is 9.82. The van der Waals surface area contributed by atoms with Crippen LogP contribution in [0.2, 0.25) is 0 Å². The highest BCUT2D eigenvalue weighted by Crippen LogP contribution is 2.30. The number of hydrogen-bond acceptors (Lipinski definition) is 2. The molecule has 1 N–H and O–H groups in total. The van der Waals surface area contributed by atoms with Gasteiger partial charge in [0.05, 0.1) is 0 Å². The highest BCUT2D eigenvalue weighted by molar-refractivity contribution is 5.16. The molecule has 0 radical (unpaired) electrons. The molecule has 2 nitrogen and oxygen atoms in total. The van der Waals surface area contributed by atoms with Crippen molar-refractivity contribution in [1.82, 2.24) is 10.2 Å². The second-order valence-corrected chi connectivity index (χ2v) is 6.83. The van der Waals surface area contributed by atoms with E-state index in [0.29, 0.717) is 12.1 Å². The first-order valence-corrected chi connectivity index (χ1v) is 8.44. The molecule has 3 rings (SSSR count). The van der Waals surface area contributed by atoms with Crippen molar-refractivity contribution in [3.63, 3.8) is 0 Å². The zero-order valence-electron chi connectivity index (χ0n) is 13.0. The Morgan fingerprint density at radius 3 is 2.57 bits per heavy atom. The molecule has 1 aromatic rings. The Labute approximate surface area is 127 Å². The standard InChI is InChI=1S/C18H27FN2/c1-14-12-21(13-15-7-9-17(19)10-8-15)18(11-20-14)16-5-3-2-4-6-16/h7-10,14,16,18,20H,2-6,11-13H2,1H3. The number of hydrogen-bond donors (Lipinski definition) is 1. The quantitative estimate of drug-likeness (QED) is 0.915. The van der Waals surface area contributed by atoms with E-state index in [1.54, 1.807) is 12.1 Å². The lowest BCUT2D eigenvalue weighted by Gasteiger charge is -2.44. The summed E-state index contributed by atoms with van der Waals surface area (Å²) in [5.41, 5.74) is 1.23. The number of rotatable bonds is 3. The summed E-state index contributed by atoms with van der Waals surface area (Å²) in [5, 5.41) is 3.65. The molecule has 0 bridgehead atoms. The van der Waals surface area contributed by atoms with Crippen LogP contribution >= 0.6 is 0 Å². The summed E-state index contributed by atoms with van der Waals surface area (Å²) in [5.74, 6) is 0.690. The van der Waals surface area contributed by atoms with E-state index < -0.39 is 0 Å². The second kappa shape index (κ2) is 6.89. The van der Waals surface area contributed by atoms with Crippen molar-refractivity contribution in [2.75, 3.05) is 13.1 Å². The first-order chi connectivity index (χ1) is 10.2.